The van der Waals surface area contributed by atoms with E-state index >= 15 is 0 Å². The summed E-state index contributed by atoms with van der Waals surface area (Å²) in [6.45, 7) is 4.28. The Morgan fingerprint density at radius 2 is 2.00 bits per heavy atom. The van der Waals surface area contributed by atoms with E-state index in [4.69, 9.17) is 0 Å². The van der Waals surface area contributed by atoms with Crippen LogP contribution in [-0.2, 0) is 4.79 Å². The van der Waals surface area contributed by atoms with Gasteiger partial charge in [0, 0.05) is 25.2 Å². The fourth-order valence-electron chi connectivity index (χ4n) is 3.89. The first-order valence-corrected chi connectivity index (χ1v) is 7.32. The number of likely N-dealkylation sites (tertiary alicyclic amines) is 1. The molecule has 3 unspecified atom stereocenters. The van der Waals surface area contributed by atoms with Gasteiger partial charge in [-0.05, 0) is 38.0 Å². The molecule has 3 rings (SSSR count). The van der Waals surface area contributed by atoms with Gasteiger partial charge in [-0.2, -0.15) is 0 Å². The van der Waals surface area contributed by atoms with Crippen molar-refractivity contribution in [2.75, 3.05) is 13.1 Å². The number of nitrogens with one attached hydrogen (secondary N) is 1. The highest BCUT2D eigenvalue weighted by molar-refractivity contribution is 5.80. The fraction of sp³-hybridized carbons (Fsp3) is 0.929. The Morgan fingerprint density at radius 3 is 2.53 bits per heavy atom. The summed E-state index contributed by atoms with van der Waals surface area (Å²) in [4.78, 5) is 14.6. The third kappa shape index (κ3) is 2.10. The van der Waals surface area contributed by atoms with Crippen LogP contribution in [0.15, 0.2) is 0 Å². The highest BCUT2D eigenvalue weighted by atomic mass is 16.2. The number of nitrogens with zero attached hydrogens (tertiary/aromatic N) is 1. The minimum Gasteiger partial charge on any atom is -0.342 e. The first kappa shape index (κ1) is 11.5. The standard InChI is InChI=1S/C14H24N2O/c1-2-10-5-7-16(8-6-10)14(17)12-9-11-3-4-13(12)15-11/h10-13,15H,2-9H2,1H3. The number of hydrogen-bond acceptors (Lipinski definition) is 2. The average Bonchev–Trinajstić information content (AvgIpc) is 3.00. The average molecular weight is 236 g/mol. The van der Waals surface area contributed by atoms with Crippen molar-refractivity contribution in [3.63, 3.8) is 0 Å². The third-order valence-corrected chi connectivity index (χ3v) is 5.12. The van der Waals surface area contributed by atoms with E-state index in [1.165, 1.54) is 32.1 Å². The summed E-state index contributed by atoms with van der Waals surface area (Å²) in [5, 5.41) is 3.57. The lowest BCUT2D eigenvalue weighted by atomic mass is 9.87. The third-order valence-electron chi connectivity index (χ3n) is 5.12. The molecule has 3 heterocycles. The molecule has 0 aromatic carbocycles. The highest BCUT2D eigenvalue weighted by Gasteiger charge is 2.44. The van der Waals surface area contributed by atoms with Crippen LogP contribution in [0.25, 0.3) is 0 Å². The van der Waals surface area contributed by atoms with Crippen molar-refractivity contribution < 1.29 is 4.79 Å². The summed E-state index contributed by atoms with van der Waals surface area (Å²) in [6.07, 6.45) is 7.31. The zero-order chi connectivity index (χ0) is 11.8. The van der Waals surface area contributed by atoms with Gasteiger partial charge < -0.3 is 10.2 Å². The molecule has 3 fully saturated rings. The van der Waals surface area contributed by atoms with Gasteiger partial charge in [-0.15, -0.1) is 0 Å². The van der Waals surface area contributed by atoms with E-state index in [2.05, 4.69) is 17.1 Å². The number of fused-ring (bicyclic) bond motifs is 2. The SMILES string of the molecule is CCC1CCN(C(=O)C2CC3CCC2N3)CC1. The lowest BCUT2D eigenvalue weighted by Crippen LogP contribution is -2.44. The highest BCUT2D eigenvalue weighted by Crippen LogP contribution is 2.35. The summed E-state index contributed by atoms with van der Waals surface area (Å²) < 4.78 is 0. The predicted octanol–water partition coefficient (Wildman–Crippen LogP) is 1.78. The van der Waals surface area contributed by atoms with Crippen molar-refractivity contribution in [3.8, 4) is 0 Å². The van der Waals surface area contributed by atoms with Gasteiger partial charge in [0.1, 0.15) is 0 Å². The van der Waals surface area contributed by atoms with Crippen molar-refractivity contribution in [2.24, 2.45) is 11.8 Å². The second-order valence-corrected chi connectivity index (χ2v) is 6.07. The van der Waals surface area contributed by atoms with Crippen LogP contribution in [-0.4, -0.2) is 36.0 Å². The molecule has 0 aromatic heterocycles. The maximum absolute atomic E-state index is 12.5. The maximum Gasteiger partial charge on any atom is 0.227 e. The molecule has 3 atom stereocenters. The molecule has 96 valence electrons. The number of rotatable bonds is 2. The van der Waals surface area contributed by atoms with E-state index in [1.54, 1.807) is 0 Å². The second kappa shape index (κ2) is 4.60. The van der Waals surface area contributed by atoms with Gasteiger partial charge in [-0.3, -0.25) is 4.79 Å². The Hall–Kier alpha value is -0.570. The van der Waals surface area contributed by atoms with Crippen molar-refractivity contribution in [2.45, 2.75) is 57.5 Å². The normalized spacial score (nSPS) is 37.7. The molecule has 0 radical (unpaired) electrons. The van der Waals surface area contributed by atoms with Gasteiger partial charge in [-0.1, -0.05) is 13.3 Å². The molecule has 0 aromatic rings. The minimum absolute atomic E-state index is 0.298. The zero-order valence-electron chi connectivity index (χ0n) is 10.8. The van der Waals surface area contributed by atoms with E-state index in [1.807, 2.05) is 0 Å². The lowest BCUT2D eigenvalue weighted by Gasteiger charge is -2.34. The maximum atomic E-state index is 12.5. The van der Waals surface area contributed by atoms with Crippen LogP contribution in [0.4, 0.5) is 0 Å². The van der Waals surface area contributed by atoms with Gasteiger partial charge >= 0.3 is 0 Å². The molecular formula is C14H24N2O. The number of carbonyl (C=O) groups excluding carboxylic acids is 1. The zero-order valence-corrected chi connectivity index (χ0v) is 10.8. The van der Waals surface area contributed by atoms with Gasteiger partial charge in [-0.25, -0.2) is 0 Å². The number of carbonyl (C=O) groups is 1. The van der Waals surface area contributed by atoms with Crippen molar-refractivity contribution in [1.29, 1.82) is 0 Å². The molecule has 2 bridgehead atoms. The Morgan fingerprint density at radius 1 is 1.24 bits per heavy atom. The molecule has 1 amide bonds. The Labute approximate surface area is 104 Å². The van der Waals surface area contributed by atoms with E-state index in [-0.39, 0.29) is 0 Å². The molecule has 0 saturated carbocycles. The number of amides is 1. The Kier molecular flexibility index (Phi) is 3.12. The smallest absolute Gasteiger partial charge is 0.227 e. The summed E-state index contributed by atoms with van der Waals surface area (Å²) in [5.41, 5.74) is 0. The summed E-state index contributed by atoms with van der Waals surface area (Å²) in [7, 11) is 0. The van der Waals surface area contributed by atoms with Gasteiger partial charge in [0.15, 0.2) is 0 Å². The van der Waals surface area contributed by atoms with Crippen LogP contribution in [0, 0.1) is 11.8 Å². The number of piperidine rings is 1. The van der Waals surface area contributed by atoms with Gasteiger partial charge in [0.25, 0.3) is 0 Å². The monoisotopic (exact) mass is 236 g/mol. The Balaban J connectivity index is 1.56. The van der Waals surface area contributed by atoms with E-state index in [0.29, 0.717) is 23.9 Å². The quantitative estimate of drug-likeness (QED) is 0.792. The molecule has 0 spiro atoms. The molecule has 3 saturated heterocycles. The molecule has 0 aliphatic carbocycles. The topological polar surface area (TPSA) is 32.3 Å². The van der Waals surface area contributed by atoms with Crippen LogP contribution in [0.3, 0.4) is 0 Å². The van der Waals surface area contributed by atoms with Crippen LogP contribution >= 0.6 is 0 Å². The molecule has 17 heavy (non-hydrogen) atoms. The van der Waals surface area contributed by atoms with Crippen LogP contribution in [0.1, 0.15) is 45.4 Å². The summed E-state index contributed by atoms with van der Waals surface area (Å²) in [6, 6.07) is 1.14. The summed E-state index contributed by atoms with van der Waals surface area (Å²) in [5.74, 6) is 1.60. The fourth-order valence-corrected chi connectivity index (χ4v) is 3.89. The van der Waals surface area contributed by atoms with Crippen LogP contribution in [0.2, 0.25) is 0 Å². The predicted molar refractivity (Wildman–Crippen MR) is 67.6 cm³/mol. The first-order valence-electron chi connectivity index (χ1n) is 7.32. The van der Waals surface area contributed by atoms with Gasteiger partial charge in [0.2, 0.25) is 5.91 Å². The van der Waals surface area contributed by atoms with Crippen LogP contribution < -0.4 is 5.32 Å². The van der Waals surface area contributed by atoms with Crippen LogP contribution in [0.5, 0.6) is 0 Å². The molecule has 1 N–H and O–H groups in total. The number of hydrogen-bond donors (Lipinski definition) is 1. The molecule has 3 aliphatic rings. The molecular weight excluding hydrogens is 212 g/mol. The van der Waals surface area contributed by atoms with Crippen molar-refractivity contribution in [1.82, 2.24) is 10.2 Å². The molecule has 3 nitrogen and oxygen atoms in total. The van der Waals surface area contributed by atoms with E-state index < -0.39 is 0 Å². The largest absolute Gasteiger partial charge is 0.342 e. The van der Waals surface area contributed by atoms with Gasteiger partial charge in [0.05, 0.1) is 5.92 Å². The Bertz CT molecular complexity index is 297. The van der Waals surface area contributed by atoms with E-state index in [0.717, 1.165) is 25.4 Å². The minimum atomic E-state index is 0.298. The van der Waals surface area contributed by atoms with Crippen molar-refractivity contribution >= 4 is 5.91 Å². The van der Waals surface area contributed by atoms with E-state index in [9.17, 15) is 4.79 Å². The summed E-state index contributed by atoms with van der Waals surface area (Å²) >= 11 is 0. The molecule has 3 aliphatic heterocycles. The molecule has 3 heteroatoms. The first-order chi connectivity index (χ1) is 8.28. The van der Waals surface area contributed by atoms with Crippen molar-refractivity contribution in [3.05, 3.63) is 0 Å². The second-order valence-electron chi connectivity index (χ2n) is 6.07. The lowest BCUT2D eigenvalue weighted by molar-refractivity contribution is -0.137.